The van der Waals surface area contributed by atoms with E-state index < -0.39 is 18.0 Å². The third-order valence-electron chi connectivity index (χ3n) is 7.56. The van der Waals surface area contributed by atoms with Crippen molar-refractivity contribution in [2.75, 3.05) is 26.2 Å². The summed E-state index contributed by atoms with van der Waals surface area (Å²) in [6.45, 7) is 7.45. The largest absolute Gasteiger partial charge is 0.490 e. The third-order valence-corrected chi connectivity index (χ3v) is 7.56. The first-order valence-electron chi connectivity index (χ1n) is 13.8. The van der Waals surface area contributed by atoms with Crippen molar-refractivity contribution in [1.29, 1.82) is 0 Å². The second-order valence-electron chi connectivity index (χ2n) is 10.9. The van der Waals surface area contributed by atoms with E-state index in [4.69, 9.17) is 15.2 Å². The highest BCUT2D eigenvalue weighted by Gasteiger charge is 2.30. The molecule has 2 aromatic carbocycles. The monoisotopic (exact) mass is 543 g/mol. The van der Waals surface area contributed by atoms with Crippen molar-refractivity contribution in [1.82, 2.24) is 9.80 Å². The summed E-state index contributed by atoms with van der Waals surface area (Å²) in [6, 6.07) is 11.5. The number of piperidine rings is 1. The van der Waals surface area contributed by atoms with E-state index in [2.05, 4.69) is 0 Å². The number of carbonyl (C=O) groups is 2. The molecule has 2 aromatic rings. The standard InChI is InChI=1S/C30H39F2N3O4/c1-19(2)38-30(37)34-13-10-21(11-14-34)20(3)39-26-8-6-22(7-9-26)23-4-5-24(27(32)16-23)17-28(33)29(36)35-15-12-25(31)18-35/h4-9,16,19-21,25,28H,10-15,17-18,33H2,1-3H3/t20-,25+,28+/m1/s1. The van der Waals surface area contributed by atoms with E-state index in [0.29, 0.717) is 43.1 Å². The van der Waals surface area contributed by atoms with Gasteiger partial charge in [0.25, 0.3) is 0 Å². The molecule has 0 spiro atoms. The topological polar surface area (TPSA) is 85.1 Å². The van der Waals surface area contributed by atoms with Crippen LogP contribution in [0, 0.1) is 11.7 Å². The maximum atomic E-state index is 14.9. The van der Waals surface area contributed by atoms with Gasteiger partial charge in [-0.15, -0.1) is 0 Å². The van der Waals surface area contributed by atoms with Crippen molar-refractivity contribution >= 4 is 12.0 Å². The molecule has 9 heteroatoms. The predicted molar refractivity (Wildman–Crippen MR) is 146 cm³/mol. The molecule has 39 heavy (non-hydrogen) atoms. The molecule has 2 aliphatic heterocycles. The van der Waals surface area contributed by atoms with Gasteiger partial charge in [0.15, 0.2) is 0 Å². The van der Waals surface area contributed by atoms with Gasteiger partial charge in [-0.25, -0.2) is 13.6 Å². The van der Waals surface area contributed by atoms with Gasteiger partial charge >= 0.3 is 6.09 Å². The molecule has 0 radical (unpaired) electrons. The van der Waals surface area contributed by atoms with Crippen LogP contribution in [0.1, 0.15) is 45.6 Å². The Balaban J connectivity index is 1.29. The van der Waals surface area contributed by atoms with Crippen molar-refractivity contribution in [3.05, 3.63) is 53.8 Å². The Hall–Kier alpha value is -3.20. The molecule has 2 fully saturated rings. The van der Waals surface area contributed by atoms with Gasteiger partial charge in [0.1, 0.15) is 17.7 Å². The van der Waals surface area contributed by atoms with Crippen LogP contribution < -0.4 is 10.5 Å². The summed E-state index contributed by atoms with van der Waals surface area (Å²) in [5, 5.41) is 0. The summed E-state index contributed by atoms with van der Waals surface area (Å²) < 4.78 is 39.8. The summed E-state index contributed by atoms with van der Waals surface area (Å²) in [7, 11) is 0. The normalized spacial score (nSPS) is 19.7. The van der Waals surface area contributed by atoms with Crippen LogP contribution in [0.15, 0.2) is 42.5 Å². The molecule has 0 bridgehead atoms. The van der Waals surface area contributed by atoms with Gasteiger partial charge in [0.2, 0.25) is 5.91 Å². The smallest absolute Gasteiger partial charge is 0.410 e. The second-order valence-corrected chi connectivity index (χ2v) is 10.9. The van der Waals surface area contributed by atoms with Crippen LogP contribution in [0.4, 0.5) is 13.6 Å². The Morgan fingerprint density at radius 3 is 2.21 bits per heavy atom. The molecule has 0 aromatic heterocycles. The van der Waals surface area contributed by atoms with E-state index in [1.165, 1.54) is 11.0 Å². The van der Waals surface area contributed by atoms with E-state index in [9.17, 15) is 18.4 Å². The Kier molecular flexibility index (Phi) is 9.43. The SMILES string of the molecule is CC(C)OC(=O)N1CCC([C@@H](C)Oc2ccc(-c3ccc(C[C@H](N)C(=O)N4CC[C@H](F)C4)c(F)c3)cc2)CC1. The minimum atomic E-state index is -1.02. The fourth-order valence-electron chi connectivity index (χ4n) is 5.23. The van der Waals surface area contributed by atoms with Crippen LogP contribution in [-0.4, -0.2) is 72.4 Å². The van der Waals surface area contributed by atoms with Gasteiger partial charge in [-0.1, -0.05) is 24.3 Å². The molecule has 0 saturated carbocycles. The summed E-state index contributed by atoms with van der Waals surface area (Å²) >= 11 is 0. The van der Waals surface area contributed by atoms with Crippen molar-refractivity contribution in [2.45, 2.75) is 70.9 Å². The molecular formula is C30H39F2N3O4. The zero-order valence-corrected chi connectivity index (χ0v) is 22.9. The fourth-order valence-corrected chi connectivity index (χ4v) is 5.23. The average molecular weight is 544 g/mol. The quantitative estimate of drug-likeness (QED) is 0.509. The number of ether oxygens (including phenoxy) is 2. The zero-order chi connectivity index (χ0) is 28.1. The van der Waals surface area contributed by atoms with Crippen molar-refractivity contribution in [3.63, 3.8) is 0 Å². The van der Waals surface area contributed by atoms with Crippen LogP contribution in [0.5, 0.6) is 5.75 Å². The lowest BCUT2D eigenvalue weighted by Crippen LogP contribution is -2.44. The first-order valence-corrected chi connectivity index (χ1v) is 13.8. The van der Waals surface area contributed by atoms with Crippen LogP contribution >= 0.6 is 0 Å². The van der Waals surface area contributed by atoms with Crippen LogP contribution in [0.2, 0.25) is 0 Å². The summed E-state index contributed by atoms with van der Waals surface area (Å²) in [5.74, 6) is 0.282. The maximum Gasteiger partial charge on any atom is 0.410 e. The number of nitrogens with two attached hydrogens (primary N) is 1. The van der Waals surface area contributed by atoms with E-state index in [0.717, 1.165) is 24.2 Å². The van der Waals surface area contributed by atoms with Gasteiger partial charge in [0.05, 0.1) is 24.8 Å². The molecule has 2 N–H and O–H groups in total. The molecule has 2 amide bonds. The van der Waals surface area contributed by atoms with Crippen molar-refractivity contribution in [3.8, 4) is 16.9 Å². The van der Waals surface area contributed by atoms with E-state index in [1.807, 2.05) is 45.0 Å². The maximum absolute atomic E-state index is 14.9. The minimum Gasteiger partial charge on any atom is -0.490 e. The number of benzene rings is 2. The molecule has 0 aliphatic carbocycles. The van der Waals surface area contributed by atoms with E-state index in [-0.39, 0.29) is 37.2 Å². The van der Waals surface area contributed by atoms with Crippen LogP contribution in [0.25, 0.3) is 11.1 Å². The highest BCUT2D eigenvalue weighted by atomic mass is 19.1. The fraction of sp³-hybridized carbons (Fsp3) is 0.533. The number of carbonyl (C=O) groups excluding carboxylic acids is 2. The molecular weight excluding hydrogens is 504 g/mol. The van der Waals surface area contributed by atoms with Gasteiger partial charge in [0, 0.05) is 19.6 Å². The van der Waals surface area contributed by atoms with Gasteiger partial charge in [-0.3, -0.25) is 4.79 Å². The Labute approximate surface area is 229 Å². The molecule has 3 atom stereocenters. The van der Waals surface area contributed by atoms with E-state index >= 15 is 0 Å². The number of likely N-dealkylation sites (tertiary alicyclic amines) is 2. The number of halogens is 2. The number of alkyl halides is 1. The lowest BCUT2D eigenvalue weighted by molar-refractivity contribution is -0.131. The number of nitrogens with zero attached hydrogens (tertiary/aromatic N) is 2. The lowest BCUT2D eigenvalue weighted by atomic mass is 9.92. The number of amides is 2. The molecule has 7 nitrogen and oxygen atoms in total. The first kappa shape index (κ1) is 28.8. The summed E-state index contributed by atoms with van der Waals surface area (Å²) in [6.07, 6.45) is 0.657. The van der Waals surface area contributed by atoms with Crippen molar-refractivity contribution < 1.29 is 27.8 Å². The first-order chi connectivity index (χ1) is 18.6. The van der Waals surface area contributed by atoms with Gasteiger partial charge in [-0.05, 0) is 87.3 Å². The van der Waals surface area contributed by atoms with Crippen molar-refractivity contribution in [2.24, 2.45) is 11.7 Å². The summed E-state index contributed by atoms with van der Waals surface area (Å²) in [4.78, 5) is 27.7. The number of hydrogen-bond donors (Lipinski definition) is 1. The Bertz CT molecular complexity index is 1140. The third kappa shape index (κ3) is 7.47. The predicted octanol–water partition coefficient (Wildman–Crippen LogP) is 4.96. The Morgan fingerprint density at radius 2 is 1.62 bits per heavy atom. The molecule has 2 aliphatic rings. The highest BCUT2D eigenvalue weighted by molar-refractivity contribution is 5.82. The van der Waals surface area contributed by atoms with Crippen LogP contribution in [-0.2, 0) is 16.0 Å². The minimum absolute atomic E-state index is 0.0147. The zero-order valence-electron chi connectivity index (χ0n) is 22.9. The Morgan fingerprint density at radius 1 is 0.974 bits per heavy atom. The molecule has 2 saturated heterocycles. The van der Waals surface area contributed by atoms with E-state index in [1.54, 1.807) is 17.0 Å². The second kappa shape index (κ2) is 12.8. The number of hydrogen-bond acceptors (Lipinski definition) is 5. The molecule has 2 heterocycles. The van der Waals surface area contributed by atoms with Gasteiger partial charge < -0.3 is 25.0 Å². The van der Waals surface area contributed by atoms with Crippen LogP contribution in [0.3, 0.4) is 0 Å². The average Bonchev–Trinajstić information content (AvgIpc) is 3.35. The highest BCUT2D eigenvalue weighted by Crippen LogP contribution is 2.28. The lowest BCUT2D eigenvalue weighted by Gasteiger charge is -2.34. The number of rotatable bonds is 8. The molecule has 0 unspecified atom stereocenters. The van der Waals surface area contributed by atoms with Gasteiger partial charge in [-0.2, -0.15) is 0 Å². The molecule has 4 rings (SSSR count). The molecule has 212 valence electrons. The summed E-state index contributed by atoms with van der Waals surface area (Å²) in [5.41, 5.74) is 7.92.